The lowest BCUT2D eigenvalue weighted by Gasteiger charge is -2.03. The molecule has 0 bridgehead atoms. The minimum absolute atomic E-state index is 0.326. The van der Waals surface area contributed by atoms with Crippen LogP contribution in [0.3, 0.4) is 0 Å². The highest BCUT2D eigenvalue weighted by molar-refractivity contribution is 7.86. The number of aromatic hydroxyl groups is 2. The predicted molar refractivity (Wildman–Crippen MR) is 85.8 cm³/mol. The Morgan fingerprint density at radius 3 is 1.65 bits per heavy atom. The summed E-state index contributed by atoms with van der Waals surface area (Å²) in [5.41, 5.74) is -9.73. The quantitative estimate of drug-likeness (QED) is 0.289. The predicted octanol–water partition coefficient (Wildman–Crippen LogP) is -2.87. The van der Waals surface area contributed by atoms with Crippen LogP contribution >= 0.6 is 0 Å². The van der Waals surface area contributed by atoms with E-state index < -0.39 is 80.6 Å². The zero-order valence-electron chi connectivity index (χ0n) is 12.1. The number of rotatable bonds is 1. The minimum Gasteiger partial charge on any atom is -0.504 e. The Bertz CT molecular complexity index is 1580. The van der Waals surface area contributed by atoms with E-state index in [1.165, 1.54) is 0 Å². The van der Waals surface area contributed by atoms with Gasteiger partial charge in [-0.3, -0.25) is 33.3 Å². The van der Waals surface area contributed by atoms with E-state index in [1.54, 1.807) is 0 Å². The monoisotopic (exact) mass is 380 g/mol. The Hall–Kier alpha value is -3.51. The first kappa shape index (κ1) is 17.3. The van der Waals surface area contributed by atoms with Gasteiger partial charge in [0.05, 0.1) is 21.5 Å². The average molecular weight is 380 g/mol. The van der Waals surface area contributed by atoms with E-state index in [9.17, 15) is 47.4 Å². The molecule has 3 rings (SSSR count). The van der Waals surface area contributed by atoms with Gasteiger partial charge < -0.3 is 10.2 Å². The zero-order chi connectivity index (χ0) is 19.7. The number of phenolic OH excluding ortho intramolecular Hbond substituents is 2. The van der Waals surface area contributed by atoms with Crippen molar-refractivity contribution < 1.29 is 23.2 Å². The third-order valence-electron chi connectivity index (χ3n) is 3.73. The Morgan fingerprint density at radius 1 is 0.654 bits per heavy atom. The fourth-order valence-corrected chi connectivity index (χ4v) is 3.33. The van der Waals surface area contributed by atoms with Gasteiger partial charge in [-0.2, -0.15) is 8.42 Å². The van der Waals surface area contributed by atoms with Gasteiger partial charge in [-0.1, -0.05) is 0 Å². The highest BCUT2D eigenvalue weighted by Gasteiger charge is 2.30. The van der Waals surface area contributed by atoms with Gasteiger partial charge in [-0.25, -0.2) is 0 Å². The summed E-state index contributed by atoms with van der Waals surface area (Å²) in [7, 11) is -5.48. The van der Waals surface area contributed by atoms with Crippen molar-refractivity contribution in [1.29, 1.82) is 0 Å². The number of hydrogen-bond donors (Lipinski definition) is 3. The molecule has 132 valence electrons. The number of benzene rings is 3. The lowest BCUT2D eigenvalue weighted by molar-refractivity contribution is 0.439. The van der Waals surface area contributed by atoms with Crippen LogP contribution in [-0.2, 0) is 10.1 Å². The Morgan fingerprint density at radius 2 is 1.12 bits per heavy atom. The molecule has 0 unspecified atom stereocenters. The largest absolute Gasteiger partial charge is 0.504 e. The van der Waals surface area contributed by atoms with Crippen LogP contribution in [0.1, 0.15) is 0 Å². The van der Waals surface area contributed by atoms with Crippen LogP contribution in [0.25, 0.3) is 21.5 Å². The van der Waals surface area contributed by atoms with Crippen LogP contribution in [0.5, 0.6) is 11.5 Å². The highest BCUT2D eigenvalue weighted by atomic mass is 32.2. The molecule has 11 nitrogen and oxygen atoms in total. The molecule has 0 aromatic heterocycles. The van der Waals surface area contributed by atoms with E-state index in [-0.39, 0.29) is 0 Å². The summed E-state index contributed by atoms with van der Waals surface area (Å²) in [6, 6.07) is 0.326. The summed E-state index contributed by atoms with van der Waals surface area (Å²) >= 11 is 0. The van der Waals surface area contributed by atoms with Gasteiger partial charge in [0.25, 0.3) is 0 Å². The lowest BCUT2D eigenvalue weighted by Crippen LogP contribution is -2.33. The summed E-state index contributed by atoms with van der Waals surface area (Å²) in [5.74, 6) is -3.02. The standard InChI is InChI=1S/C14H4O11S/c15-2-1-3(16)8(17)5-4(2)9(18)6-7(10(5)19)12(21)14(26(23,24)25)13(22)11(6)20/h1,16,22H,(H,23,24,25). The smallest absolute Gasteiger partial charge is 0.302 e. The topological polar surface area (TPSA) is 197 Å². The number of hydrogen-bond acceptors (Lipinski definition) is 10. The van der Waals surface area contributed by atoms with Crippen LogP contribution in [-0.4, -0.2) is 23.2 Å². The Kier molecular flexibility index (Phi) is 3.33. The third-order valence-corrected chi connectivity index (χ3v) is 4.63. The minimum atomic E-state index is -5.48. The average Bonchev–Trinajstić information content (AvgIpc) is 2.50. The van der Waals surface area contributed by atoms with Crippen LogP contribution < -0.4 is 32.6 Å². The zero-order valence-corrected chi connectivity index (χ0v) is 12.9. The lowest BCUT2D eigenvalue weighted by atomic mass is 10.0. The molecule has 0 amide bonds. The van der Waals surface area contributed by atoms with Crippen molar-refractivity contribution in [2.45, 2.75) is 4.90 Å². The van der Waals surface area contributed by atoms with Crippen molar-refractivity contribution in [2.24, 2.45) is 0 Å². The van der Waals surface area contributed by atoms with Crippen molar-refractivity contribution in [2.75, 3.05) is 0 Å². The highest BCUT2D eigenvalue weighted by Crippen LogP contribution is 2.17. The first-order valence-corrected chi connectivity index (χ1v) is 7.91. The maximum Gasteiger partial charge on any atom is 0.302 e. The number of fused-ring (bicyclic) bond motifs is 2. The van der Waals surface area contributed by atoms with E-state index in [4.69, 9.17) is 4.55 Å². The second-order valence-electron chi connectivity index (χ2n) is 5.19. The molecule has 0 aliphatic carbocycles. The molecule has 0 atom stereocenters. The molecule has 26 heavy (non-hydrogen) atoms. The maximum absolute atomic E-state index is 12.4. The molecule has 0 aliphatic heterocycles. The molecular weight excluding hydrogens is 376 g/mol. The summed E-state index contributed by atoms with van der Waals surface area (Å²) in [4.78, 5) is 71.1. The van der Waals surface area contributed by atoms with E-state index in [0.29, 0.717) is 6.07 Å². The van der Waals surface area contributed by atoms with Crippen molar-refractivity contribution in [3.8, 4) is 11.5 Å². The molecule has 0 saturated heterocycles. The maximum atomic E-state index is 12.4. The molecule has 12 heteroatoms. The molecule has 3 aromatic rings. The van der Waals surface area contributed by atoms with Crippen molar-refractivity contribution in [3.63, 3.8) is 0 Å². The van der Waals surface area contributed by atoms with Crippen molar-refractivity contribution in [3.05, 3.63) is 67.4 Å². The van der Waals surface area contributed by atoms with Gasteiger partial charge in [0.15, 0.2) is 21.8 Å². The van der Waals surface area contributed by atoms with E-state index in [0.717, 1.165) is 0 Å². The first-order chi connectivity index (χ1) is 11.9. The van der Waals surface area contributed by atoms with Crippen LogP contribution in [0, 0.1) is 0 Å². The summed E-state index contributed by atoms with van der Waals surface area (Å²) < 4.78 is 31.5. The SMILES string of the molecule is O=c1cc(O)c(=O)c2c(=O)c3c(=O)c(S(=O)(=O)O)c(O)c(=O)c3c(=O)c12. The first-order valence-electron chi connectivity index (χ1n) is 6.47. The number of phenols is 2. The van der Waals surface area contributed by atoms with Crippen LogP contribution in [0.4, 0.5) is 0 Å². The third kappa shape index (κ3) is 1.99. The molecule has 3 N–H and O–H groups in total. The molecule has 0 spiro atoms. The molecular formula is C14H4O11S. The molecule has 0 saturated carbocycles. The fourth-order valence-electron chi connectivity index (χ4n) is 2.66. The molecule has 3 aromatic carbocycles. The molecule has 0 fully saturated rings. The van der Waals surface area contributed by atoms with Crippen LogP contribution in [0.2, 0.25) is 0 Å². The summed E-state index contributed by atoms with van der Waals surface area (Å²) in [6.07, 6.45) is 0. The van der Waals surface area contributed by atoms with Crippen molar-refractivity contribution >= 4 is 31.7 Å². The van der Waals surface area contributed by atoms with Crippen LogP contribution in [0.15, 0.2) is 39.7 Å². The Labute approximate surface area is 139 Å². The second-order valence-corrected chi connectivity index (χ2v) is 6.55. The fraction of sp³-hybridized carbons (Fsp3) is 0. The van der Waals surface area contributed by atoms with E-state index in [1.807, 2.05) is 0 Å². The second kappa shape index (κ2) is 5.00. The van der Waals surface area contributed by atoms with Crippen molar-refractivity contribution in [1.82, 2.24) is 0 Å². The normalized spacial score (nSPS) is 12.0. The van der Waals surface area contributed by atoms with Gasteiger partial charge in [-0.15, -0.1) is 0 Å². The van der Waals surface area contributed by atoms with E-state index in [2.05, 4.69) is 0 Å². The molecule has 0 heterocycles. The summed E-state index contributed by atoms with van der Waals surface area (Å²) in [5, 5.41) is 13.9. The van der Waals surface area contributed by atoms with Gasteiger partial charge in [-0.05, 0) is 0 Å². The molecule has 0 radical (unpaired) electrons. The van der Waals surface area contributed by atoms with Gasteiger partial charge >= 0.3 is 10.1 Å². The summed E-state index contributed by atoms with van der Waals surface area (Å²) in [6.45, 7) is 0. The Balaban J connectivity index is 2.99. The molecule has 0 aliphatic rings. The van der Waals surface area contributed by atoms with Gasteiger partial charge in [0.1, 0.15) is 0 Å². The van der Waals surface area contributed by atoms with E-state index >= 15 is 0 Å². The van der Waals surface area contributed by atoms with Gasteiger partial charge in [0.2, 0.25) is 27.1 Å². The van der Waals surface area contributed by atoms with Gasteiger partial charge in [0, 0.05) is 6.07 Å².